The van der Waals surface area contributed by atoms with Gasteiger partial charge in [-0.05, 0) is 53.6 Å². The molecule has 4 nitrogen and oxygen atoms in total. The van der Waals surface area contributed by atoms with E-state index in [0.29, 0.717) is 18.1 Å². The van der Waals surface area contributed by atoms with Crippen LogP contribution >= 0.6 is 34.2 Å². The highest BCUT2D eigenvalue weighted by Crippen LogP contribution is 2.30. The molecule has 0 aliphatic carbocycles. The van der Waals surface area contributed by atoms with Gasteiger partial charge in [0.15, 0.2) is 9.84 Å². The molecule has 2 aromatic rings. The summed E-state index contributed by atoms with van der Waals surface area (Å²) >= 11 is 8.24. The molecule has 0 N–H and O–H groups in total. The van der Waals surface area contributed by atoms with Gasteiger partial charge in [-0.2, -0.15) is 0 Å². The Morgan fingerprint density at radius 3 is 2.95 bits per heavy atom. The normalized spacial score (nSPS) is 22.2. The monoisotopic (exact) mass is 424 g/mol. The first-order chi connectivity index (χ1) is 9.50. The lowest BCUT2D eigenvalue weighted by Crippen LogP contribution is -2.28. The molecule has 1 atom stereocenters. The van der Waals surface area contributed by atoms with Crippen LogP contribution in [0.1, 0.15) is 24.7 Å². The van der Waals surface area contributed by atoms with Crippen LogP contribution in [0.25, 0.3) is 11.0 Å². The molecule has 1 aliphatic heterocycles. The molecule has 1 saturated heterocycles. The van der Waals surface area contributed by atoms with Gasteiger partial charge < -0.3 is 4.57 Å². The first-order valence-corrected chi connectivity index (χ1v) is 9.86. The minimum atomic E-state index is -2.95. The van der Waals surface area contributed by atoms with Crippen LogP contribution in [0.15, 0.2) is 18.2 Å². The van der Waals surface area contributed by atoms with E-state index >= 15 is 0 Å². The van der Waals surface area contributed by atoms with Crippen LogP contribution in [0.3, 0.4) is 0 Å². The van der Waals surface area contributed by atoms with Crippen LogP contribution in [0.2, 0.25) is 0 Å². The van der Waals surface area contributed by atoms with Crippen molar-refractivity contribution in [3.63, 3.8) is 0 Å². The summed E-state index contributed by atoms with van der Waals surface area (Å²) in [5.41, 5.74) is 1.86. The van der Waals surface area contributed by atoms with E-state index in [4.69, 9.17) is 11.6 Å². The van der Waals surface area contributed by atoms with Crippen molar-refractivity contribution in [2.75, 3.05) is 11.5 Å². The average Bonchev–Trinajstić information content (AvgIpc) is 2.74. The minimum Gasteiger partial charge on any atom is -0.323 e. The molecule has 1 aromatic heterocycles. The van der Waals surface area contributed by atoms with E-state index in [2.05, 4.69) is 27.6 Å². The van der Waals surface area contributed by atoms with E-state index in [1.165, 1.54) is 0 Å². The number of benzene rings is 1. The molecular formula is C13H14ClIN2O2S. The number of nitrogens with zero attached hydrogens (tertiary/aromatic N) is 2. The van der Waals surface area contributed by atoms with E-state index in [0.717, 1.165) is 26.8 Å². The van der Waals surface area contributed by atoms with Gasteiger partial charge in [0.1, 0.15) is 5.82 Å². The maximum absolute atomic E-state index is 11.9. The summed E-state index contributed by atoms with van der Waals surface area (Å²) in [5, 5.41) is 0. The third-order valence-electron chi connectivity index (χ3n) is 3.65. The lowest BCUT2D eigenvalue weighted by molar-refractivity contribution is 0.471. The van der Waals surface area contributed by atoms with E-state index in [-0.39, 0.29) is 11.8 Å². The van der Waals surface area contributed by atoms with Crippen molar-refractivity contribution in [1.82, 2.24) is 9.55 Å². The van der Waals surface area contributed by atoms with Crippen molar-refractivity contribution >= 4 is 55.1 Å². The van der Waals surface area contributed by atoms with Crippen molar-refractivity contribution in [2.45, 2.75) is 24.8 Å². The van der Waals surface area contributed by atoms with Crippen molar-refractivity contribution in [2.24, 2.45) is 0 Å². The van der Waals surface area contributed by atoms with E-state index in [1.807, 2.05) is 22.8 Å². The van der Waals surface area contributed by atoms with Crippen molar-refractivity contribution in [1.29, 1.82) is 0 Å². The second-order valence-electron chi connectivity index (χ2n) is 5.08. The third-order valence-corrected chi connectivity index (χ3v) is 6.36. The molecule has 0 radical (unpaired) electrons. The smallest absolute Gasteiger partial charge is 0.152 e. The molecule has 1 aliphatic rings. The maximum atomic E-state index is 11.9. The van der Waals surface area contributed by atoms with Gasteiger partial charge in [0, 0.05) is 9.61 Å². The largest absolute Gasteiger partial charge is 0.323 e. The number of hydrogen-bond donors (Lipinski definition) is 0. The Balaban J connectivity index is 2.14. The molecule has 1 aromatic carbocycles. The zero-order valence-corrected chi connectivity index (χ0v) is 14.4. The molecule has 7 heteroatoms. The topological polar surface area (TPSA) is 52.0 Å². The number of aromatic nitrogens is 2. The van der Waals surface area contributed by atoms with Gasteiger partial charge in [-0.15, -0.1) is 11.6 Å². The first-order valence-electron chi connectivity index (χ1n) is 6.43. The standard InChI is InChI=1S/C13H14ClIN2O2S/c14-7-13-16-11-6-9(15)3-4-12(11)17(13)10-2-1-5-20(18,19)8-10/h3-4,6,10H,1-2,5,7-8H2. The SMILES string of the molecule is O=S1(=O)CCCC(n2c(CCl)nc3cc(I)ccc32)C1. The van der Waals surface area contributed by atoms with Gasteiger partial charge in [-0.25, -0.2) is 13.4 Å². The molecule has 0 spiro atoms. The Kier molecular flexibility index (Phi) is 3.98. The summed E-state index contributed by atoms with van der Waals surface area (Å²) < 4.78 is 26.9. The summed E-state index contributed by atoms with van der Waals surface area (Å²) in [6.45, 7) is 0. The fourth-order valence-corrected chi connectivity index (χ4v) is 5.16. The molecule has 108 valence electrons. The fourth-order valence-electron chi connectivity index (χ4n) is 2.83. The highest BCUT2D eigenvalue weighted by atomic mass is 127. The number of halogens is 2. The van der Waals surface area contributed by atoms with E-state index < -0.39 is 9.84 Å². The quantitative estimate of drug-likeness (QED) is 0.550. The second-order valence-corrected chi connectivity index (χ2v) is 8.82. The molecule has 2 heterocycles. The van der Waals surface area contributed by atoms with Crippen LogP contribution in [-0.2, 0) is 15.7 Å². The van der Waals surface area contributed by atoms with Crippen LogP contribution in [0.4, 0.5) is 0 Å². The van der Waals surface area contributed by atoms with Crippen molar-refractivity contribution in [3.05, 3.63) is 27.6 Å². The highest BCUT2D eigenvalue weighted by molar-refractivity contribution is 14.1. The Bertz CT molecular complexity index is 757. The zero-order chi connectivity index (χ0) is 14.3. The molecule has 0 saturated carbocycles. The summed E-state index contributed by atoms with van der Waals surface area (Å²) in [6, 6.07) is 5.96. The molecular weight excluding hydrogens is 411 g/mol. The molecule has 1 unspecified atom stereocenters. The average molecular weight is 425 g/mol. The Morgan fingerprint density at radius 1 is 1.45 bits per heavy atom. The molecule has 0 bridgehead atoms. The van der Waals surface area contributed by atoms with Crippen LogP contribution < -0.4 is 0 Å². The summed E-state index contributed by atoms with van der Waals surface area (Å²) in [7, 11) is -2.95. The lowest BCUT2D eigenvalue weighted by Gasteiger charge is -2.25. The van der Waals surface area contributed by atoms with Crippen LogP contribution in [-0.4, -0.2) is 29.5 Å². The summed E-state index contributed by atoms with van der Waals surface area (Å²) in [4.78, 5) is 4.55. The Hall–Kier alpha value is -0.340. The Morgan fingerprint density at radius 2 is 2.25 bits per heavy atom. The summed E-state index contributed by atoms with van der Waals surface area (Å²) in [6.07, 6.45) is 1.57. The first kappa shape index (κ1) is 14.6. The highest BCUT2D eigenvalue weighted by Gasteiger charge is 2.28. The van der Waals surface area contributed by atoms with Gasteiger partial charge in [-0.1, -0.05) is 0 Å². The molecule has 20 heavy (non-hydrogen) atoms. The number of alkyl halides is 1. The van der Waals surface area contributed by atoms with Crippen molar-refractivity contribution < 1.29 is 8.42 Å². The van der Waals surface area contributed by atoms with Gasteiger partial charge in [0.2, 0.25) is 0 Å². The predicted molar refractivity (Wildman–Crippen MR) is 88.9 cm³/mol. The van der Waals surface area contributed by atoms with Crippen molar-refractivity contribution in [3.8, 4) is 0 Å². The summed E-state index contributed by atoms with van der Waals surface area (Å²) in [5.74, 6) is 1.53. The van der Waals surface area contributed by atoms with Gasteiger partial charge >= 0.3 is 0 Å². The lowest BCUT2D eigenvalue weighted by atomic mass is 10.1. The number of sulfone groups is 1. The van der Waals surface area contributed by atoms with Gasteiger partial charge in [0.25, 0.3) is 0 Å². The van der Waals surface area contributed by atoms with Gasteiger partial charge in [-0.3, -0.25) is 0 Å². The minimum absolute atomic E-state index is 0.0486. The fraction of sp³-hybridized carbons (Fsp3) is 0.462. The maximum Gasteiger partial charge on any atom is 0.152 e. The number of rotatable bonds is 2. The number of imidazole rings is 1. The molecule has 1 fully saturated rings. The van der Waals surface area contributed by atoms with Gasteiger partial charge in [0.05, 0.1) is 28.4 Å². The van der Waals surface area contributed by atoms with E-state index in [9.17, 15) is 8.42 Å². The third kappa shape index (κ3) is 2.69. The number of fused-ring (bicyclic) bond motifs is 1. The zero-order valence-electron chi connectivity index (χ0n) is 10.7. The molecule has 0 amide bonds. The Labute approximate surface area is 136 Å². The second kappa shape index (κ2) is 5.46. The number of hydrogen-bond acceptors (Lipinski definition) is 3. The van der Waals surface area contributed by atoms with Crippen LogP contribution in [0, 0.1) is 3.57 Å². The van der Waals surface area contributed by atoms with Crippen LogP contribution in [0.5, 0.6) is 0 Å². The van der Waals surface area contributed by atoms with E-state index in [1.54, 1.807) is 0 Å². The predicted octanol–water partition coefficient (Wildman–Crippen LogP) is 3.13. The molecule has 3 rings (SSSR count).